The predicted molar refractivity (Wildman–Crippen MR) is 94.8 cm³/mol. The van der Waals surface area contributed by atoms with Gasteiger partial charge in [-0.2, -0.15) is 0 Å². The average Bonchev–Trinajstić information content (AvgIpc) is 2.94. The van der Waals surface area contributed by atoms with Gasteiger partial charge in [-0.3, -0.25) is 9.69 Å². The zero-order valence-electron chi connectivity index (χ0n) is 14.2. The van der Waals surface area contributed by atoms with Gasteiger partial charge in [0.15, 0.2) is 9.84 Å². The second-order valence-corrected chi connectivity index (χ2v) is 9.06. The smallest absolute Gasteiger partial charge is 0.223 e. The van der Waals surface area contributed by atoms with Crippen molar-refractivity contribution in [3.05, 3.63) is 0 Å². The highest BCUT2D eigenvalue weighted by molar-refractivity contribution is 7.91. The number of hydrogen-bond acceptors (Lipinski definition) is 5. The molecule has 0 aromatic rings. The lowest BCUT2D eigenvalue weighted by Gasteiger charge is -2.32. The zero-order valence-corrected chi connectivity index (χ0v) is 15.8. The fraction of sp³-hybridized carbons (Fsp3) is 0.933. The number of piperazine rings is 1. The molecule has 0 saturated carbocycles. The third-order valence-electron chi connectivity index (χ3n) is 4.40. The predicted octanol–water partition coefficient (Wildman–Crippen LogP) is 0.375. The Morgan fingerprint density at radius 1 is 1.22 bits per heavy atom. The first-order valence-electron chi connectivity index (χ1n) is 8.30. The van der Waals surface area contributed by atoms with Crippen LogP contribution in [0.3, 0.4) is 0 Å². The fourth-order valence-electron chi connectivity index (χ4n) is 3.31. The molecule has 1 atom stereocenters. The van der Waals surface area contributed by atoms with Crippen LogP contribution in [0.15, 0.2) is 0 Å². The highest BCUT2D eigenvalue weighted by atomic mass is 35.5. The number of hydrogen-bond donors (Lipinski definition) is 1. The number of nitrogens with zero attached hydrogens (tertiary/aromatic N) is 2. The molecule has 2 heterocycles. The zero-order chi connectivity index (χ0) is 16.2. The number of carbonyl (C=O) groups is 1. The Labute approximate surface area is 146 Å². The maximum absolute atomic E-state index is 12.2. The van der Waals surface area contributed by atoms with Crippen molar-refractivity contribution in [1.29, 1.82) is 0 Å². The van der Waals surface area contributed by atoms with Gasteiger partial charge in [-0.25, -0.2) is 8.42 Å². The molecule has 0 radical (unpaired) electrons. The summed E-state index contributed by atoms with van der Waals surface area (Å²) in [6.07, 6.45) is 1.13. The van der Waals surface area contributed by atoms with Crippen LogP contribution in [0, 0.1) is 5.92 Å². The summed E-state index contributed by atoms with van der Waals surface area (Å²) < 4.78 is 23.8. The normalized spacial score (nSPS) is 23.1. The van der Waals surface area contributed by atoms with E-state index in [0.717, 1.165) is 45.7 Å². The maximum Gasteiger partial charge on any atom is 0.223 e. The average molecular weight is 368 g/mol. The molecule has 8 heteroatoms. The molecule has 2 saturated heterocycles. The minimum Gasteiger partial charge on any atom is -0.341 e. The second-order valence-electron chi connectivity index (χ2n) is 6.83. The van der Waals surface area contributed by atoms with E-state index in [1.807, 2.05) is 18.7 Å². The molecule has 2 aliphatic rings. The molecule has 136 valence electrons. The van der Waals surface area contributed by atoms with Crippen molar-refractivity contribution in [2.24, 2.45) is 5.92 Å². The van der Waals surface area contributed by atoms with Crippen molar-refractivity contribution in [2.45, 2.75) is 32.7 Å². The highest BCUT2D eigenvalue weighted by Gasteiger charge is 2.31. The van der Waals surface area contributed by atoms with Crippen molar-refractivity contribution in [2.75, 3.05) is 50.8 Å². The molecular weight excluding hydrogens is 338 g/mol. The Morgan fingerprint density at radius 3 is 2.48 bits per heavy atom. The van der Waals surface area contributed by atoms with Gasteiger partial charge in [-0.15, -0.1) is 12.4 Å². The minimum absolute atomic E-state index is 0. The van der Waals surface area contributed by atoms with Gasteiger partial charge in [0.1, 0.15) is 0 Å². The van der Waals surface area contributed by atoms with Gasteiger partial charge in [-0.1, -0.05) is 13.8 Å². The number of carbonyl (C=O) groups excluding carboxylic acids is 1. The van der Waals surface area contributed by atoms with E-state index in [9.17, 15) is 13.2 Å². The highest BCUT2D eigenvalue weighted by Crippen LogP contribution is 2.17. The lowest BCUT2D eigenvalue weighted by molar-refractivity contribution is -0.129. The number of likely N-dealkylation sites (tertiary alicyclic amines) is 1. The molecule has 2 fully saturated rings. The monoisotopic (exact) mass is 367 g/mol. The molecule has 23 heavy (non-hydrogen) atoms. The molecule has 1 unspecified atom stereocenters. The van der Waals surface area contributed by atoms with Crippen LogP contribution in [-0.2, 0) is 14.6 Å². The van der Waals surface area contributed by atoms with Crippen LogP contribution in [0.4, 0.5) is 0 Å². The van der Waals surface area contributed by atoms with Crippen molar-refractivity contribution < 1.29 is 13.2 Å². The van der Waals surface area contributed by atoms with Crippen LogP contribution < -0.4 is 5.32 Å². The van der Waals surface area contributed by atoms with Crippen LogP contribution in [0.5, 0.6) is 0 Å². The number of rotatable bonds is 6. The quantitative estimate of drug-likeness (QED) is 0.734. The number of amides is 1. The standard InChI is InChI=1S/C15H29N3O3S.ClH/c1-13(2)12-22(20,21)10-4-15(19)18-7-3-14(11-18)17-8-5-16-6-9-17;/h13-14,16H,3-12H2,1-2H3;1H. The topological polar surface area (TPSA) is 69.7 Å². The number of halogens is 1. The summed E-state index contributed by atoms with van der Waals surface area (Å²) in [5.74, 6) is 0.261. The molecule has 1 N–H and O–H groups in total. The van der Waals surface area contributed by atoms with E-state index in [4.69, 9.17) is 0 Å². The summed E-state index contributed by atoms with van der Waals surface area (Å²) >= 11 is 0. The van der Waals surface area contributed by atoms with Crippen LogP contribution in [-0.4, -0.2) is 80.9 Å². The summed E-state index contributed by atoms with van der Waals surface area (Å²) in [7, 11) is -3.11. The lowest BCUT2D eigenvalue weighted by atomic mass is 10.2. The van der Waals surface area contributed by atoms with E-state index >= 15 is 0 Å². The Bertz CT molecular complexity index is 478. The first kappa shape index (κ1) is 20.7. The van der Waals surface area contributed by atoms with Crippen molar-refractivity contribution >= 4 is 28.2 Å². The fourth-order valence-corrected chi connectivity index (χ4v) is 4.97. The van der Waals surface area contributed by atoms with E-state index in [-0.39, 0.29) is 42.2 Å². The van der Waals surface area contributed by atoms with Gasteiger partial charge in [-0.05, 0) is 12.3 Å². The third kappa shape index (κ3) is 6.57. The number of sulfone groups is 1. The largest absolute Gasteiger partial charge is 0.341 e. The van der Waals surface area contributed by atoms with E-state index < -0.39 is 9.84 Å². The van der Waals surface area contributed by atoms with Crippen molar-refractivity contribution in [3.8, 4) is 0 Å². The van der Waals surface area contributed by atoms with Crippen LogP contribution in [0.2, 0.25) is 0 Å². The Balaban J connectivity index is 0.00000264. The van der Waals surface area contributed by atoms with E-state index in [2.05, 4.69) is 10.2 Å². The van der Waals surface area contributed by atoms with Gasteiger partial charge in [0, 0.05) is 51.7 Å². The molecule has 0 bridgehead atoms. The van der Waals surface area contributed by atoms with Gasteiger partial charge in [0.05, 0.1) is 11.5 Å². The van der Waals surface area contributed by atoms with E-state index in [1.165, 1.54) is 0 Å². The second kappa shape index (κ2) is 9.20. The minimum atomic E-state index is -3.11. The first-order chi connectivity index (χ1) is 10.4. The molecule has 0 aliphatic carbocycles. The Morgan fingerprint density at radius 2 is 1.87 bits per heavy atom. The lowest BCUT2D eigenvalue weighted by Crippen LogP contribution is -2.49. The summed E-state index contributed by atoms with van der Waals surface area (Å²) in [4.78, 5) is 16.5. The molecule has 0 aromatic carbocycles. The number of nitrogens with one attached hydrogen (secondary N) is 1. The van der Waals surface area contributed by atoms with Crippen LogP contribution in [0.25, 0.3) is 0 Å². The van der Waals surface area contributed by atoms with Gasteiger partial charge in [0.2, 0.25) is 5.91 Å². The SMILES string of the molecule is CC(C)CS(=O)(=O)CCC(=O)N1CCC(N2CCNCC2)C1.Cl. The molecule has 2 aliphatic heterocycles. The van der Waals surface area contributed by atoms with Crippen molar-refractivity contribution in [1.82, 2.24) is 15.1 Å². The van der Waals surface area contributed by atoms with E-state index in [1.54, 1.807) is 0 Å². The summed E-state index contributed by atoms with van der Waals surface area (Å²) in [6, 6.07) is 0.443. The molecule has 6 nitrogen and oxygen atoms in total. The summed E-state index contributed by atoms with van der Waals surface area (Å²) in [6.45, 7) is 9.39. The van der Waals surface area contributed by atoms with Gasteiger partial charge < -0.3 is 10.2 Å². The first-order valence-corrected chi connectivity index (χ1v) is 10.1. The Kier molecular flexibility index (Phi) is 8.27. The third-order valence-corrected chi connectivity index (χ3v) is 6.40. The summed E-state index contributed by atoms with van der Waals surface area (Å²) in [5, 5.41) is 3.34. The van der Waals surface area contributed by atoms with Gasteiger partial charge >= 0.3 is 0 Å². The molecule has 2 rings (SSSR count). The molecule has 0 spiro atoms. The molecule has 0 aromatic heterocycles. The molecule has 1 amide bonds. The van der Waals surface area contributed by atoms with E-state index in [0.29, 0.717) is 6.04 Å². The molecular formula is C15H30ClN3O3S. The van der Waals surface area contributed by atoms with Crippen LogP contribution >= 0.6 is 12.4 Å². The van der Waals surface area contributed by atoms with Gasteiger partial charge in [0.25, 0.3) is 0 Å². The Hall–Kier alpha value is -0.370. The summed E-state index contributed by atoms with van der Waals surface area (Å²) in [5.41, 5.74) is 0. The van der Waals surface area contributed by atoms with Crippen molar-refractivity contribution in [3.63, 3.8) is 0 Å². The van der Waals surface area contributed by atoms with Crippen LogP contribution in [0.1, 0.15) is 26.7 Å². The maximum atomic E-state index is 12.2.